The van der Waals surface area contributed by atoms with E-state index in [1.165, 1.54) is 0 Å². The first-order valence-electron chi connectivity index (χ1n) is 7.69. The third kappa shape index (κ3) is 4.20. The predicted octanol–water partition coefficient (Wildman–Crippen LogP) is 5.49. The van der Waals surface area contributed by atoms with E-state index >= 15 is 0 Å². The molecule has 1 aliphatic rings. The van der Waals surface area contributed by atoms with Gasteiger partial charge in [-0.3, -0.25) is 0 Å². The van der Waals surface area contributed by atoms with E-state index < -0.39 is 42.1 Å². The van der Waals surface area contributed by atoms with E-state index in [0.717, 1.165) is 0 Å². The maximum atomic E-state index is 2.61. The summed E-state index contributed by atoms with van der Waals surface area (Å²) in [6.07, 6.45) is 0. The van der Waals surface area contributed by atoms with Gasteiger partial charge in [0.15, 0.2) is 0 Å². The van der Waals surface area contributed by atoms with E-state index in [4.69, 9.17) is 0 Å². The van der Waals surface area contributed by atoms with Gasteiger partial charge in [0.05, 0.1) is 0 Å². The van der Waals surface area contributed by atoms with Crippen molar-refractivity contribution in [1.29, 1.82) is 0 Å². The van der Waals surface area contributed by atoms with Gasteiger partial charge >= 0.3 is 142 Å². The van der Waals surface area contributed by atoms with Gasteiger partial charge in [0.25, 0.3) is 0 Å². The van der Waals surface area contributed by atoms with Gasteiger partial charge in [-0.15, -0.1) is 0 Å². The average molecular weight is 528 g/mol. The molecule has 4 heteroatoms. The molecular weight excluding hydrogens is 492 g/mol. The second-order valence-electron chi connectivity index (χ2n) is 9.84. The fraction of sp³-hybridized carbons (Fsp3) is 1.00. The molecule has 0 aromatic rings. The van der Waals surface area contributed by atoms with Crippen LogP contribution in [0.2, 0.25) is 16.8 Å². The first-order chi connectivity index (χ1) is 8.49. The fourth-order valence-corrected chi connectivity index (χ4v) is 341. The molecule has 1 saturated heterocycles. The predicted molar refractivity (Wildman–Crippen MR) is 102 cm³/mol. The van der Waals surface area contributed by atoms with E-state index in [1.54, 1.807) is 0 Å². The van der Waals surface area contributed by atoms with Crippen LogP contribution in [-0.4, -0.2) is 42.1 Å². The zero-order valence-corrected chi connectivity index (χ0v) is 23.3. The molecule has 1 fully saturated rings. The Morgan fingerprint density at radius 3 is 0.450 bits per heavy atom. The normalized spacial score (nSPS) is 33.0. The number of rotatable bonds is 0. The molecule has 0 saturated carbocycles. The fourth-order valence-electron chi connectivity index (χ4n) is 2.56. The molecule has 0 aromatic heterocycles. The van der Waals surface area contributed by atoms with Crippen LogP contribution in [0, 0.1) is 0 Å². The Hall–Kier alpha value is 2.23. The minimum absolute atomic E-state index is 0.553. The molecule has 120 valence electrons. The van der Waals surface area contributed by atoms with Crippen molar-refractivity contribution in [2.75, 3.05) is 0 Å². The molecule has 0 N–H and O–H groups in total. The van der Waals surface area contributed by atoms with E-state index in [1.807, 2.05) is 0 Å². The van der Waals surface area contributed by atoms with Crippen molar-refractivity contribution in [2.45, 2.75) is 99.9 Å². The Balaban J connectivity index is 3.33. The zero-order chi connectivity index (χ0) is 16.3. The van der Waals surface area contributed by atoms with Gasteiger partial charge < -0.3 is 0 Å². The summed E-state index contributed by atoms with van der Waals surface area (Å²) >= 11 is 0. The van der Waals surface area contributed by atoms with Gasteiger partial charge in [-0.2, -0.15) is 0 Å². The molecule has 1 heterocycles. The van der Waals surface area contributed by atoms with Gasteiger partial charge in [0, 0.05) is 0 Å². The summed E-state index contributed by atoms with van der Waals surface area (Å²) in [6.45, 7) is 31.4. The molecule has 0 aliphatic carbocycles. The Morgan fingerprint density at radius 1 is 0.300 bits per heavy atom. The first-order valence-corrected chi connectivity index (χ1v) is 32.2. The second-order valence-corrected chi connectivity index (χ2v) is 91.7. The topological polar surface area (TPSA) is 0 Å². The summed E-state index contributed by atoms with van der Waals surface area (Å²) < 4.78 is 2.85. The van der Waals surface area contributed by atoms with Crippen LogP contribution in [0.4, 0.5) is 0 Å². The summed E-state index contributed by atoms with van der Waals surface area (Å²) in [5.74, 6) is 0. The summed E-state index contributed by atoms with van der Waals surface area (Å²) in [5.41, 5.74) is 0. The van der Waals surface area contributed by atoms with E-state index in [-0.39, 0.29) is 0 Å². The molecule has 20 heavy (non-hydrogen) atoms. The van der Waals surface area contributed by atoms with Crippen molar-refractivity contribution in [1.82, 2.24) is 0 Å². The third-order valence-corrected chi connectivity index (χ3v) is 237. The Kier molecular flexibility index (Phi) is 6.03. The Morgan fingerprint density at radius 2 is 0.400 bits per heavy atom. The summed E-state index contributed by atoms with van der Waals surface area (Å²) in [5, 5.41) is 0. The molecule has 0 spiro atoms. The molecule has 1 rings (SSSR count). The second kappa shape index (κ2) is 5.95. The quantitative estimate of drug-likeness (QED) is 0.365. The van der Waals surface area contributed by atoms with Crippen molar-refractivity contribution in [3.8, 4) is 0 Å². The van der Waals surface area contributed by atoms with Crippen molar-refractivity contribution in [3.05, 3.63) is 0 Å². The van der Waals surface area contributed by atoms with Gasteiger partial charge in [0.1, 0.15) is 0 Å². The van der Waals surface area contributed by atoms with Gasteiger partial charge in [0.2, 0.25) is 0 Å². The molecule has 0 amide bonds. The van der Waals surface area contributed by atoms with Crippen LogP contribution in [-0.2, 0) is 0 Å². The first kappa shape index (κ1) is 20.3. The van der Waals surface area contributed by atoms with Gasteiger partial charge in [-0.25, -0.2) is 0 Å². The monoisotopic (exact) mass is 528 g/mol. The standard InChI is InChI=1S/C16H36As4/c1-13(2,3)17-18(14(4,5)6)20(16(10,11)12)19(17)15(7,8)9/h1-12H3. The van der Waals surface area contributed by atoms with Crippen LogP contribution in [0.15, 0.2) is 0 Å². The van der Waals surface area contributed by atoms with Crippen LogP contribution in [0.1, 0.15) is 83.1 Å². The minimum atomic E-state index is -0.553. The van der Waals surface area contributed by atoms with Crippen LogP contribution >= 0.6 is 0 Å². The molecule has 1 aliphatic heterocycles. The van der Waals surface area contributed by atoms with Crippen LogP contribution in [0.3, 0.4) is 0 Å². The Bertz CT molecular complexity index is 269. The summed E-state index contributed by atoms with van der Waals surface area (Å²) in [6, 6.07) is 0. The van der Waals surface area contributed by atoms with E-state index in [2.05, 4.69) is 83.1 Å². The molecule has 0 bridgehead atoms. The molecule has 0 unspecified atom stereocenters. The number of hydrogen-bond donors (Lipinski definition) is 0. The van der Waals surface area contributed by atoms with Crippen LogP contribution in [0.25, 0.3) is 0 Å². The summed E-state index contributed by atoms with van der Waals surface area (Å²) in [7, 11) is -2.21. The van der Waals surface area contributed by atoms with E-state index in [9.17, 15) is 0 Å². The van der Waals surface area contributed by atoms with Gasteiger partial charge in [-0.1, -0.05) is 0 Å². The molecule has 0 atom stereocenters. The van der Waals surface area contributed by atoms with Crippen molar-refractivity contribution >= 4 is 42.1 Å². The van der Waals surface area contributed by atoms with E-state index in [0.29, 0.717) is 16.8 Å². The molecule has 0 radical (unpaired) electrons. The zero-order valence-electron chi connectivity index (χ0n) is 15.8. The average Bonchev–Trinajstić information content (AvgIpc) is 1.86. The number of hydrogen-bond acceptors (Lipinski definition) is 0. The molecule has 0 aromatic carbocycles. The van der Waals surface area contributed by atoms with Crippen molar-refractivity contribution in [3.63, 3.8) is 0 Å². The molecular formula is C16H36As4. The Labute approximate surface area is 140 Å². The van der Waals surface area contributed by atoms with Gasteiger partial charge in [-0.05, 0) is 0 Å². The molecule has 0 nitrogen and oxygen atoms in total. The van der Waals surface area contributed by atoms with Crippen molar-refractivity contribution in [2.24, 2.45) is 0 Å². The van der Waals surface area contributed by atoms with Crippen molar-refractivity contribution < 1.29 is 0 Å². The third-order valence-electron chi connectivity index (χ3n) is 3.12. The summed E-state index contributed by atoms with van der Waals surface area (Å²) in [4.78, 5) is 0. The maximum absolute atomic E-state index is 2.61. The van der Waals surface area contributed by atoms with Crippen LogP contribution in [0.5, 0.6) is 0 Å². The SMILES string of the molecule is CC(C)(C)[As]1[As](C(C)(C)C)[As](C(C)(C)C)[As]1C(C)(C)C. The van der Waals surface area contributed by atoms with Crippen LogP contribution < -0.4 is 0 Å².